The predicted molar refractivity (Wildman–Crippen MR) is 150 cm³/mol. The smallest absolute Gasteiger partial charge is 0.258 e. The first-order valence-corrected chi connectivity index (χ1v) is 12.2. The van der Waals surface area contributed by atoms with Gasteiger partial charge in [0.2, 0.25) is 0 Å². The number of nitrogens with one attached hydrogen (secondary N) is 2. The van der Waals surface area contributed by atoms with Crippen LogP contribution >= 0.6 is 0 Å². The quantitative estimate of drug-likeness (QED) is 0.294. The second-order valence-corrected chi connectivity index (χ2v) is 8.88. The SMILES string of the molecule is [2H]C([2H])c1nc2c([nH]1)CC([2H])([2H])N(C(=O)c1ccc(NC(=O)c3ccccc3-c3ccccc3)cc1)c1ccccc1-2. The Morgan fingerprint density at radius 3 is 2.39 bits per heavy atom. The lowest BCUT2D eigenvalue weighted by atomic mass is 9.99. The highest BCUT2D eigenvalue weighted by atomic mass is 16.2. The van der Waals surface area contributed by atoms with Gasteiger partial charge in [0.25, 0.3) is 11.8 Å². The van der Waals surface area contributed by atoms with Crippen LogP contribution in [0.25, 0.3) is 22.4 Å². The van der Waals surface area contributed by atoms with Gasteiger partial charge in [0.15, 0.2) is 0 Å². The number of aromatic amines is 1. The first-order valence-electron chi connectivity index (χ1n) is 14.3. The summed E-state index contributed by atoms with van der Waals surface area (Å²) in [7, 11) is 0. The van der Waals surface area contributed by atoms with E-state index in [4.69, 9.17) is 5.48 Å². The fraction of sp³-hybridized carbons (Fsp3) is 0.0938. The number of rotatable bonds is 4. The average molecular weight is 503 g/mol. The first-order chi connectivity index (χ1) is 20.2. The first kappa shape index (κ1) is 19.2. The number of benzene rings is 4. The molecule has 2 heterocycles. The lowest BCUT2D eigenvalue weighted by Gasteiger charge is -2.23. The third-order valence-electron chi connectivity index (χ3n) is 6.46. The van der Waals surface area contributed by atoms with Gasteiger partial charge in [-0.1, -0.05) is 66.7 Å². The topological polar surface area (TPSA) is 78.1 Å². The van der Waals surface area contributed by atoms with Crippen molar-refractivity contribution in [2.24, 2.45) is 0 Å². The van der Waals surface area contributed by atoms with Gasteiger partial charge in [-0.15, -0.1) is 0 Å². The molecule has 6 rings (SSSR count). The zero-order chi connectivity index (χ0) is 29.4. The summed E-state index contributed by atoms with van der Waals surface area (Å²) in [6.45, 7) is -3.49. The molecule has 5 aromatic rings. The molecule has 1 aliphatic heterocycles. The number of carbonyl (C=O) groups excluding carboxylic acids is 2. The number of anilines is 2. The third kappa shape index (κ3) is 4.37. The van der Waals surface area contributed by atoms with Crippen LogP contribution in [0, 0.1) is 6.88 Å². The second kappa shape index (κ2) is 9.82. The second-order valence-electron chi connectivity index (χ2n) is 8.88. The number of aromatic nitrogens is 2. The van der Waals surface area contributed by atoms with Gasteiger partial charge in [-0.25, -0.2) is 4.98 Å². The van der Waals surface area contributed by atoms with Crippen molar-refractivity contribution < 1.29 is 15.1 Å². The summed E-state index contributed by atoms with van der Waals surface area (Å²) >= 11 is 0. The summed E-state index contributed by atoms with van der Waals surface area (Å²) < 4.78 is 33.2. The summed E-state index contributed by atoms with van der Waals surface area (Å²) in [5.74, 6) is -0.722. The van der Waals surface area contributed by atoms with E-state index < -0.39 is 19.3 Å². The zero-order valence-electron chi connectivity index (χ0n) is 24.3. The zero-order valence-corrected chi connectivity index (χ0v) is 20.3. The van der Waals surface area contributed by atoms with Gasteiger partial charge in [-0.05, 0) is 54.4 Å². The molecule has 0 atom stereocenters. The summed E-state index contributed by atoms with van der Waals surface area (Å²) in [5.41, 5.74) is 4.70. The van der Waals surface area contributed by atoms with Crippen molar-refractivity contribution in [1.82, 2.24) is 9.97 Å². The largest absolute Gasteiger partial charge is 0.346 e. The lowest BCUT2D eigenvalue weighted by Crippen LogP contribution is -2.32. The summed E-state index contributed by atoms with van der Waals surface area (Å²) in [6.07, 6.45) is -0.197. The molecule has 0 unspecified atom stereocenters. The van der Waals surface area contributed by atoms with Gasteiger partial charge < -0.3 is 15.2 Å². The Bertz CT molecular complexity index is 1790. The Balaban J connectivity index is 1.28. The molecule has 2 N–H and O–H groups in total. The summed E-state index contributed by atoms with van der Waals surface area (Å²) in [5, 5.41) is 2.90. The Kier molecular flexibility index (Phi) is 4.96. The van der Waals surface area contributed by atoms with Crippen LogP contribution in [0.15, 0.2) is 103 Å². The fourth-order valence-electron chi connectivity index (χ4n) is 4.65. The van der Waals surface area contributed by atoms with E-state index in [0.717, 1.165) is 16.0 Å². The predicted octanol–water partition coefficient (Wildman–Crippen LogP) is 6.51. The van der Waals surface area contributed by atoms with Crippen LogP contribution in [0.5, 0.6) is 0 Å². The number of H-pyrrole nitrogens is 1. The minimum atomic E-state index is -2.14. The van der Waals surface area contributed by atoms with Crippen molar-refractivity contribution in [1.29, 1.82) is 0 Å². The van der Waals surface area contributed by atoms with Gasteiger partial charge in [0.05, 0.1) is 14.1 Å². The van der Waals surface area contributed by atoms with E-state index in [1.54, 1.807) is 60.7 Å². The molecule has 0 bridgehead atoms. The Morgan fingerprint density at radius 2 is 1.61 bits per heavy atom. The molecule has 2 amide bonds. The van der Waals surface area contributed by atoms with E-state index in [1.807, 2.05) is 42.5 Å². The lowest BCUT2D eigenvalue weighted by molar-refractivity contribution is 0.0986. The minimum absolute atomic E-state index is 0.120. The molecule has 6 nitrogen and oxygen atoms in total. The highest BCUT2D eigenvalue weighted by Gasteiger charge is 2.26. The van der Waals surface area contributed by atoms with Crippen LogP contribution in [0.2, 0.25) is 0 Å². The van der Waals surface area contributed by atoms with Gasteiger partial charge >= 0.3 is 0 Å². The molecular weight excluding hydrogens is 472 g/mol. The maximum atomic E-state index is 13.8. The molecule has 186 valence electrons. The van der Waals surface area contributed by atoms with Crippen molar-refractivity contribution in [3.05, 3.63) is 126 Å². The summed E-state index contributed by atoms with van der Waals surface area (Å²) in [6, 6.07) is 30.2. The van der Waals surface area contributed by atoms with Crippen molar-refractivity contribution >= 4 is 23.2 Å². The summed E-state index contributed by atoms with van der Waals surface area (Å²) in [4.78, 5) is 35.5. The van der Waals surface area contributed by atoms with Crippen molar-refractivity contribution in [3.8, 4) is 22.4 Å². The Labute approximate surface area is 226 Å². The molecule has 0 radical (unpaired) electrons. The maximum Gasteiger partial charge on any atom is 0.258 e. The van der Waals surface area contributed by atoms with Crippen molar-refractivity contribution in [2.75, 3.05) is 16.7 Å². The number of imidazole rings is 1. The Hall–Kier alpha value is -4.97. The van der Waals surface area contributed by atoms with Gasteiger partial charge in [0, 0.05) is 43.7 Å². The highest BCUT2D eigenvalue weighted by Crippen LogP contribution is 2.36. The van der Waals surface area contributed by atoms with Gasteiger partial charge in [0.1, 0.15) is 5.82 Å². The van der Waals surface area contributed by atoms with E-state index in [9.17, 15) is 9.59 Å². The molecule has 4 aromatic carbocycles. The monoisotopic (exact) mass is 502 g/mol. The van der Waals surface area contributed by atoms with E-state index >= 15 is 0 Å². The molecule has 0 spiro atoms. The van der Waals surface area contributed by atoms with Gasteiger partial charge in [-0.3, -0.25) is 9.59 Å². The van der Waals surface area contributed by atoms with Gasteiger partial charge in [-0.2, -0.15) is 0 Å². The van der Waals surface area contributed by atoms with E-state index in [2.05, 4.69) is 15.3 Å². The third-order valence-corrected chi connectivity index (χ3v) is 6.46. The van der Waals surface area contributed by atoms with Crippen LogP contribution in [-0.4, -0.2) is 28.3 Å². The standard InChI is InChI=1S/C32H26N4O2/c1-21-33-28-19-20-36(29-14-8-7-13-27(29)30(28)34-21)32(38)23-15-17-24(18-16-23)35-31(37)26-12-6-5-11-25(26)22-9-3-2-4-10-22/h2-18H,19-20H2,1H3,(H,33,34)(H,35,37)/i1D2,20D2. The molecule has 0 aliphatic carbocycles. The molecule has 38 heavy (non-hydrogen) atoms. The van der Waals surface area contributed by atoms with Crippen molar-refractivity contribution in [3.63, 3.8) is 0 Å². The van der Waals surface area contributed by atoms with E-state index in [-0.39, 0.29) is 23.7 Å². The fourth-order valence-corrected chi connectivity index (χ4v) is 4.65. The van der Waals surface area contributed by atoms with Crippen LogP contribution in [-0.2, 0) is 6.42 Å². The number of aryl methyl sites for hydroxylation is 2. The molecule has 1 aromatic heterocycles. The maximum absolute atomic E-state index is 13.8. The number of amides is 2. The van der Waals surface area contributed by atoms with Crippen LogP contribution in [0.1, 0.15) is 37.7 Å². The van der Waals surface area contributed by atoms with Crippen LogP contribution in [0.3, 0.4) is 0 Å². The number of hydrogen-bond acceptors (Lipinski definition) is 3. The minimum Gasteiger partial charge on any atom is -0.346 e. The number of carbonyl (C=O) groups is 2. The molecule has 0 fully saturated rings. The van der Waals surface area contributed by atoms with E-state index in [0.29, 0.717) is 33.9 Å². The van der Waals surface area contributed by atoms with Crippen LogP contribution < -0.4 is 10.2 Å². The molecule has 1 aliphatic rings. The number of hydrogen-bond donors (Lipinski definition) is 2. The molecule has 0 saturated heterocycles. The molecular formula is C32H26N4O2. The molecule has 6 heteroatoms. The highest BCUT2D eigenvalue weighted by molar-refractivity contribution is 6.10. The number of para-hydroxylation sites is 1. The van der Waals surface area contributed by atoms with Crippen LogP contribution in [0.4, 0.5) is 11.4 Å². The number of nitrogens with zero attached hydrogens (tertiary/aromatic N) is 2. The van der Waals surface area contributed by atoms with Crippen molar-refractivity contribution in [2.45, 2.75) is 13.3 Å². The number of fused-ring (bicyclic) bond motifs is 3. The van der Waals surface area contributed by atoms with E-state index in [1.165, 1.54) is 0 Å². The Morgan fingerprint density at radius 1 is 0.895 bits per heavy atom. The molecule has 0 saturated carbocycles. The average Bonchev–Trinajstić information content (AvgIpc) is 3.37. The normalized spacial score (nSPS) is 15.2.